The predicted octanol–water partition coefficient (Wildman–Crippen LogP) is 1.63. The molecule has 0 aliphatic carbocycles. The number of nitrogens with zero attached hydrogens (tertiary/aromatic N) is 1. The van der Waals surface area contributed by atoms with Gasteiger partial charge in [0.2, 0.25) is 0 Å². The van der Waals surface area contributed by atoms with Crippen LogP contribution in [0.15, 0.2) is 16.5 Å². The lowest BCUT2D eigenvalue weighted by molar-refractivity contribution is 0.198. The van der Waals surface area contributed by atoms with Crippen LogP contribution in [0.5, 0.6) is 0 Å². The van der Waals surface area contributed by atoms with E-state index in [2.05, 4.69) is 0 Å². The third-order valence-electron chi connectivity index (χ3n) is 1.43. The summed E-state index contributed by atoms with van der Waals surface area (Å²) in [4.78, 5) is 1.90. The number of furan rings is 1. The van der Waals surface area contributed by atoms with E-state index in [4.69, 9.17) is 9.15 Å². The molecule has 0 amide bonds. The van der Waals surface area contributed by atoms with E-state index in [1.54, 1.807) is 7.11 Å². The van der Waals surface area contributed by atoms with Gasteiger partial charge in [0.15, 0.2) is 5.88 Å². The van der Waals surface area contributed by atoms with Gasteiger partial charge in [-0.25, -0.2) is 0 Å². The minimum absolute atomic E-state index is 0.549. The van der Waals surface area contributed by atoms with Gasteiger partial charge in [-0.3, -0.25) is 0 Å². The highest BCUT2D eigenvalue weighted by Gasteiger charge is 2.02. The first-order valence-electron chi connectivity index (χ1n) is 3.50. The van der Waals surface area contributed by atoms with Crippen LogP contribution in [0, 0.1) is 6.92 Å². The van der Waals surface area contributed by atoms with Gasteiger partial charge in [-0.2, -0.15) is 0 Å². The summed E-state index contributed by atoms with van der Waals surface area (Å²) in [6.45, 7) is 2.47. The molecular formula is C8H13NO2. The lowest BCUT2D eigenvalue weighted by Crippen LogP contribution is -2.18. The zero-order chi connectivity index (χ0) is 8.27. The summed E-state index contributed by atoms with van der Waals surface area (Å²) in [6.07, 6.45) is 0. The van der Waals surface area contributed by atoms with Gasteiger partial charge in [0, 0.05) is 20.2 Å². The number of anilines is 1. The van der Waals surface area contributed by atoms with Gasteiger partial charge in [-0.1, -0.05) is 0 Å². The second-order valence-electron chi connectivity index (χ2n) is 2.50. The number of ether oxygens (including phenoxy) is 1. The van der Waals surface area contributed by atoms with Crippen molar-refractivity contribution < 1.29 is 9.15 Å². The number of hydrogen-bond acceptors (Lipinski definition) is 3. The Hall–Kier alpha value is -0.960. The maximum Gasteiger partial charge on any atom is 0.197 e. The number of methoxy groups -OCH3 is 1. The molecular weight excluding hydrogens is 142 g/mol. The van der Waals surface area contributed by atoms with E-state index in [9.17, 15) is 0 Å². The standard InChI is InChI=1S/C8H13NO2/c1-7-4-5-8(11-7)9(2)6-10-3/h4-5H,6H2,1-3H3. The van der Waals surface area contributed by atoms with Crippen LogP contribution in [0.4, 0.5) is 5.88 Å². The van der Waals surface area contributed by atoms with Crippen LogP contribution in [0.3, 0.4) is 0 Å². The Morgan fingerprint density at radius 1 is 1.55 bits per heavy atom. The molecule has 1 aromatic rings. The molecule has 1 heterocycles. The van der Waals surface area contributed by atoms with Gasteiger partial charge in [-0.15, -0.1) is 0 Å². The first-order valence-corrected chi connectivity index (χ1v) is 3.50. The molecule has 11 heavy (non-hydrogen) atoms. The fraction of sp³-hybridized carbons (Fsp3) is 0.500. The third kappa shape index (κ3) is 1.98. The summed E-state index contributed by atoms with van der Waals surface area (Å²) >= 11 is 0. The molecule has 0 aliphatic rings. The van der Waals surface area contributed by atoms with Gasteiger partial charge in [0.1, 0.15) is 12.5 Å². The topological polar surface area (TPSA) is 25.6 Å². The molecule has 62 valence electrons. The van der Waals surface area contributed by atoms with Crippen LogP contribution in [0.1, 0.15) is 5.76 Å². The highest BCUT2D eigenvalue weighted by Crippen LogP contribution is 2.15. The molecule has 0 aromatic carbocycles. The van der Waals surface area contributed by atoms with Crippen LogP contribution in [-0.4, -0.2) is 20.9 Å². The second-order valence-corrected chi connectivity index (χ2v) is 2.50. The van der Waals surface area contributed by atoms with Crippen LogP contribution in [-0.2, 0) is 4.74 Å². The van der Waals surface area contributed by atoms with E-state index >= 15 is 0 Å². The Morgan fingerprint density at radius 3 is 2.73 bits per heavy atom. The minimum atomic E-state index is 0.549. The summed E-state index contributed by atoms with van der Waals surface area (Å²) in [5, 5.41) is 0. The van der Waals surface area contributed by atoms with Crippen LogP contribution in [0.25, 0.3) is 0 Å². The van der Waals surface area contributed by atoms with Crippen molar-refractivity contribution in [3.8, 4) is 0 Å². The van der Waals surface area contributed by atoms with E-state index in [1.807, 2.05) is 31.0 Å². The van der Waals surface area contributed by atoms with E-state index in [0.717, 1.165) is 11.6 Å². The summed E-state index contributed by atoms with van der Waals surface area (Å²) < 4.78 is 10.3. The Labute approximate surface area is 66.6 Å². The maximum atomic E-state index is 5.34. The summed E-state index contributed by atoms with van der Waals surface area (Å²) in [5.74, 6) is 1.76. The molecule has 0 atom stereocenters. The first-order chi connectivity index (χ1) is 5.24. The van der Waals surface area contributed by atoms with Crippen molar-refractivity contribution in [1.82, 2.24) is 0 Å². The Morgan fingerprint density at radius 2 is 2.27 bits per heavy atom. The smallest absolute Gasteiger partial charge is 0.197 e. The van der Waals surface area contributed by atoms with E-state index in [-0.39, 0.29) is 0 Å². The van der Waals surface area contributed by atoms with E-state index in [1.165, 1.54) is 0 Å². The van der Waals surface area contributed by atoms with Crippen molar-refractivity contribution in [3.05, 3.63) is 17.9 Å². The van der Waals surface area contributed by atoms with Gasteiger partial charge < -0.3 is 14.1 Å². The average Bonchev–Trinajstić information content (AvgIpc) is 2.36. The molecule has 0 N–H and O–H groups in total. The summed E-state index contributed by atoms with van der Waals surface area (Å²) in [7, 11) is 3.58. The van der Waals surface area contributed by atoms with Gasteiger partial charge >= 0.3 is 0 Å². The van der Waals surface area contributed by atoms with Crippen molar-refractivity contribution in [2.24, 2.45) is 0 Å². The Bertz CT molecular complexity index is 220. The summed E-state index contributed by atoms with van der Waals surface area (Å²) in [6, 6.07) is 3.86. The van der Waals surface area contributed by atoms with Crippen molar-refractivity contribution in [2.75, 3.05) is 25.8 Å². The maximum absolute atomic E-state index is 5.34. The molecule has 1 aromatic heterocycles. The molecule has 0 aliphatic heterocycles. The fourth-order valence-electron chi connectivity index (χ4n) is 0.884. The zero-order valence-electron chi connectivity index (χ0n) is 7.13. The van der Waals surface area contributed by atoms with Gasteiger partial charge in [0.05, 0.1) is 0 Å². The highest BCUT2D eigenvalue weighted by molar-refractivity contribution is 5.34. The molecule has 0 spiro atoms. The van der Waals surface area contributed by atoms with Crippen molar-refractivity contribution in [1.29, 1.82) is 0 Å². The van der Waals surface area contributed by atoms with Crippen molar-refractivity contribution >= 4 is 5.88 Å². The SMILES string of the molecule is COCN(C)c1ccc(C)o1. The summed E-state index contributed by atoms with van der Waals surface area (Å²) in [5.41, 5.74) is 0. The van der Waals surface area contributed by atoms with Crippen molar-refractivity contribution in [3.63, 3.8) is 0 Å². The number of aryl methyl sites for hydroxylation is 1. The van der Waals surface area contributed by atoms with E-state index < -0.39 is 0 Å². The van der Waals surface area contributed by atoms with Crippen LogP contribution in [0.2, 0.25) is 0 Å². The molecule has 0 saturated carbocycles. The van der Waals surface area contributed by atoms with Gasteiger partial charge in [0.25, 0.3) is 0 Å². The molecule has 0 bridgehead atoms. The third-order valence-corrected chi connectivity index (χ3v) is 1.43. The normalized spacial score (nSPS) is 10.1. The molecule has 0 radical (unpaired) electrons. The highest BCUT2D eigenvalue weighted by atomic mass is 16.5. The Kier molecular flexibility index (Phi) is 2.54. The largest absolute Gasteiger partial charge is 0.446 e. The molecule has 3 heteroatoms. The minimum Gasteiger partial charge on any atom is -0.446 e. The predicted molar refractivity (Wildman–Crippen MR) is 43.7 cm³/mol. The monoisotopic (exact) mass is 155 g/mol. The number of rotatable bonds is 3. The zero-order valence-corrected chi connectivity index (χ0v) is 7.13. The molecule has 0 saturated heterocycles. The lowest BCUT2D eigenvalue weighted by atomic mass is 10.5. The lowest BCUT2D eigenvalue weighted by Gasteiger charge is -2.13. The van der Waals surface area contributed by atoms with E-state index in [0.29, 0.717) is 6.73 Å². The van der Waals surface area contributed by atoms with Crippen LogP contribution >= 0.6 is 0 Å². The average molecular weight is 155 g/mol. The first kappa shape index (κ1) is 8.14. The van der Waals surface area contributed by atoms with Crippen LogP contribution < -0.4 is 4.90 Å². The Balaban J connectivity index is 2.60. The molecule has 0 fully saturated rings. The number of hydrogen-bond donors (Lipinski definition) is 0. The van der Waals surface area contributed by atoms with Crippen molar-refractivity contribution in [2.45, 2.75) is 6.92 Å². The second kappa shape index (κ2) is 3.44. The quantitative estimate of drug-likeness (QED) is 0.620. The fourth-order valence-corrected chi connectivity index (χ4v) is 0.884. The van der Waals surface area contributed by atoms with Gasteiger partial charge in [-0.05, 0) is 13.0 Å². The molecule has 1 rings (SSSR count). The molecule has 3 nitrogen and oxygen atoms in total. The molecule has 0 unspecified atom stereocenters.